The molecule has 0 aliphatic heterocycles. The van der Waals surface area contributed by atoms with E-state index in [9.17, 15) is 4.79 Å². The van der Waals surface area contributed by atoms with E-state index in [-0.39, 0.29) is 5.56 Å². The first-order valence-electron chi connectivity index (χ1n) is 7.09. The number of benzene rings is 1. The predicted octanol–water partition coefficient (Wildman–Crippen LogP) is 2.87. The Bertz CT molecular complexity index is 681. The summed E-state index contributed by atoms with van der Waals surface area (Å²) in [7, 11) is 1.68. The molecule has 1 saturated carbocycles. The van der Waals surface area contributed by atoms with Crippen LogP contribution in [-0.4, -0.2) is 36.3 Å². The molecule has 1 aromatic heterocycles. The van der Waals surface area contributed by atoms with Crippen LogP contribution in [0.15, 0.2) is 24.4 Å². The van der Waals surface area contributed by atoms with Crippen LogP contribution < -0.4 is 5.32 Å². The predicted molar refractivity (Wildman–Crippen MR) is 81.0 cm³/mol. The molecule has 0 radical (unpaired) electrons. The first-order chi connectivity index (χ1) is 10.2. The topological polar surface area (TPSA) is 71.5 Å². The molecular weight excluding hydrogens is 268 g/mol. The molecule has 5 nitrogen and oxygen atoms in total. The fourth-order valence-electron chi connectivity index (χ4n) is 2.48. The summed E-state index contributed by atoms with van der Waals surface area (Å²) in [6.07, 6.45) is 3.79. The van der Waals surface area contributed by atoms with Gasteiger partial charge in [0.15, 0.2) is 0 Å². The molecule has 3 rings (SSSR count). The largest absolute Gasteiger partial charge is 0.478 e. The van der Waals surface area contributed by atoms with Crippen molar-refractivity contribution in [3.8, 4) is 0 Å². The second-order valence-electron chi connectivity index (χ2n) is 5.36. The zero-order chi connectivity index (χ0) is 14.8. The lowest BCUT2D eigenvalue weighted by Gasteiger charge is -2.13. The van der Waals surface area contributed by atoms with E-state index in [1.54, 1.807) is 13.2 Å². The number of nitrogens with zero attached hydrogens (tertiary/aromatic N) is 1. The number of methoxy groups -OCH3 is 1. The summed E-state index contributed by atoms with van der Waals surface area (Å²) in [5.74, 6) is -0.368. The molecule has 21 heavy (non-hydrogen) atoms. The molecule has 5 heteroatoms. The molecule has 0 atom stereocenters. The van der Waals surface area contributed by atoms with Crippen LogP contribution in [0.4, 0.5) is 5.69 Å². The lowest BCUT2D eigenvalue weighted by atomic mass is 10.0. The number of fused-ring (bicyclic) bond motifs is 1. The number of rotatable bonds is 6. The maximum absolute atomic E-state index is 11.1. The van der Waals surface area contributed by atoms with Crippen molar-refractivity contribution < 1.29 is 14.6 Å². The summed E-state index contributed by atoms with van der Waals surface area (Å²) >= 11 is 0. The quantitative estimate of drug-likeness (QED) is 0.799. The second kappa shape index (κ2) is 5.69. The number of hydrogen-bond donors (Lipinski definition) is 2. The zero-order valence-electron chi connectivity index (χ0n) is 11.9. The van der Waals surface area contributed by atoms with E-state index < -0.39 is 5.97 Å². The van der Waals surface area contributed by atoms with Gasteiger partial charge in [-0.3, -0.25) is 4.98 Å². The first kappa shape index (κ1) is 13.8. The van der Waals surface area contributed by atoms with Gasteiger partial charge in [0.2, 0.25) is 0 Å². The summed E-state index contributed by atoms with van der Waals surface area (Å²) < 4.78 is 5.07. The number of carboxylic acid groups (broad SMARTS) is 1. The van der Waals surface area contributed by atoms with E-state index in [0.29, 0.717) is 12.5 Å². The summed E-state index contributed by atoms with van der Waals surface area (Å²) in [6.45, 7) is 1.39. The van der Waals surface area contributed by atoms with Gasteiger partial charge in [-0.25, -0.2) is 4.79 Å². The Morgan fingerprint density at radius 3 is 2.90 bits per heavy atom. The minimum absolute atomic E-state index is 0.226. The van der Waals surface area contributed by atoms with Crippen molar-refractivity contribution in [3.63, 3.8) is 0 Å². The molecule has 0 unspecified atom stereocenters. The molecule has 1 aromatic carbocycles. The van der Waals surface area contributed by atoms with Gasteiger partial charge in [-0.05, 0) is 42.5 Å². The van der Waals surface area contributed by atoms with Crippen LogP contribution >= 0.6 is 0 Å². The lowest BCUT2D eigenvalue weighted by Crippen LogP contribution is -2.09. The van der Waals surface area contributed by atoms with E-state index in [4.69, 9.17) is 9.84 Å². The van der Waals surface area contributed by atoms with E-state index in [1.165, 1.54) is 24.6 Å². The highest BCUT2D eigenvalue weighted by atomic mass is 16.5. The van der Waals surface area contributed by atoms with Gasteiger partial charge in [-0.1, -0.05) is 0 Å². The molecule has 1 heterocycles. The molecule has 0 saturated heterocycles. The minimum Gasteiger partial charge on any atom is -0.478 e. The molecule has 0 spiro atoms. The Labute approximate surface area is 123 Å². The number of aromatic carboxylic acids is 1. The van der Waals surface area contributed by atoms with E-state index in [1.807, 2.05) is 6.07 Å². The summed E-state index contributed by atoms with van der Waals surface area (Å²) in [4.78, 5) is 15.3. The third kappa shape index (κ3) is 2.97. The molecule has 2 aromatic rings. The average molecular weight is 286 g/mol. The lowest BCUT2D eigenvalue weighted by molar-refractivity contribution is 0.0696. The van der Waals surface area contributed by atoms with Gasteiger partial charge in [0.25, 0.3) is 0 Å². The third-order valence-electron chi connectivity index (χ3n) is 3.74. The minimum atomic E-state index is -0.945. The van der Waals surface area contributed by atoms with Crippen LogP contribution in [0.5, 0.6) is 0 Å². The van der Waals surface area contributed by atoms with Gasteiger partial charge in [-0.2, -0.15) is 0 Å². The number of carboxylic acids is 1. The second-order valence-corrected chi connectivity index (χ2v) is 5.36. The highest BCUT2D eigenvalue weighted by Gasteiger charge is 2.26. The molecule has 1 aliphatic carbocycles. The van der Waals surface area contributed by atoms with Crippen molar-refractivity contribution in [1.29, 1.82) is 0 Å². The fraction of sp³-hybridized carbons (Fsp3) is 0.375. The van der Waals surface area contributed by atoms with Crippen LogP contribution in [0.25, 0.3) is 10.9 Å². The van der Waals surface area contributed by atoms with Crippen molar-refractivity contribution in [2.45, 2.75) is 18.8 Å². The van der Waals surface area contributed by atoms with Gasteiger partial charge in [0.1, 0.15) is 0 Å². The maximum atomic E-state index is 11.1. The Morgan fingerprint density at radius 1 is 1.43 bits per heavy atom. The molecule has 110 valence electrons. The number of anilines is 1. The number of pyridine rings is 1. The van der Waals surface area contributed by atoms with Crippen molar-refractivity contribution in [3.05, 3.63) is 35.5 Å². The average Bonchev–Trinajstić information content (AvgIpc) is 3.30. The standard InChI is InChI=1S/C16H18N2O3/c1-21-5-4-17-15-8-14-11(7-13(15)10-2-3-10)6-12(9-18-14)16(19)20/h6-10,17H,2-5H2,1H3,(H,19,20). The van der Waals surface area contributed by atoms with Gasteiger partial charge in [0.05, 0.1) is 17.7 Å². The highest BCUT2D eigenvalue weighted by molar-refractivity contribution is 5.93. The number of ether oxygens (including phenoxy) is 1. The summed E-state index contributed by atoms with van der Waals surface area (Å²) in [6, 6.07) is 5.77. The molecule has 2 N–H and O–H groups in total. The highest BCUT2D eigenvalue weighted by Crippen LogP contribution is 2.44. The number of nitrogens with one attached hydrogen (secondary N) is 1. The van der Waals surface area contributed by atoms with Crippen LogP contribution in [0.2, 0.25) is 0 Å². The Kier molecular flexibility index (Phi) is 3.75. The van der Waals surface area contributed by atoms with Crippen LogP contribution in [0, 0.1) is 0 Å². The fourth-order valence-corrected chi connectivity index (χ4v) is 2.48. The van der Waals surface area contributed by atoms with Crippen molar-refractivity contribution in [2.24, 2.45) is 0 Å². The summed E-state index contributed by atoms with van der Waals surface area (Å²) in [5, 5.41) is 13.3. The molecule has 1 fully saturated rings. The van der Waals surface area contributed by atoms with Gasteiger partial charge < -0.3 is 15.2 Å². The Balaban J connectivity index is 2.00. The smallest absolute Gasteiger partial charge is 0.337 e. The Hall–Kier alpha value is -2.14. The molecular formula is C16H18N2O3. The van der Waals surface area contributed by atoms with Gasteiger partial charge in [-0.15, -0.1) is 0 Å². The molecule has 0 amide bonds. The van der Waals surface area contributed by atoms with Crippen molar-refractivity contribution >= 4 is 22.6 Å². The van der Waals surface area contributed by atoms with E-state index in [2.05, 4.69) is 16.4 Å². The van der Waals surface area contributed by atoms with Crippen LogP contribution in [-0.2, 0) is 4.74 Å². The monoisotopic (exact) mass is 286 g/mol. The van der Waals surface area contributed by atoms with Crippen LogP contribution in [0.3, 0.4) is 0 Å². The molecule has 1 aliphatic rings. The van der Waals surface area contributed by atoms with E-state index >= 15 is 0 Å². The normalized spacial score (nSPS) is 14.3. The maximum Gasteiger partial charge on any atom is 0.337 e. The third-order valence-corrected chi connectivity index (χ3v) is 3.74. The summed E-state index contributed by atoms with van der Waals surface area (Å²) in [5.41, 5.74) is 3.37. The van der Waals surface area contributed by atoms with Crippen molar-refractivity contribution in [1.82, 2.24) is 4.98 Å². The number of carbonyl (C=O) groups is 1. The van der Waals surface area contributed by atoms with Gasteiger partial charge in [0, 0.05) is 30.9 Å². The van der Waals surface area contributed by atoms with Gasteiger partial charge >= 0.3 is 5.97 Å². The van der Waals surface area contributed by atoms with E-state index in [0.717, 1.165) is 23.1 Å². The number of hydrogen-bond acceptors (Lipinski definition) is 4. The number of aromatic nitrogens is 1. The van der Waals surface area contributed by atoms with Crippen LogP contribution in [0.1, 0.15) is 34.7 Å². The zero-order valence-corrected chi connectivity index (χ0v) is 11.9. The first-order valence-corrected chi connectivity index (χ1v) is 7.09. The van der Waals surface area contributed by atoms with Crippen molar-refractivity contribution in [2.75, 3.05) is 25.6 Å². The SMILES string of the molecule is COCCNc1cc2ncc(C(=O)O)cc2cc1C1CC1. The molecule has 0 bridgehead atoms. The Morgan fingerprint density at radius 2 is 2.24 bits per heavy atom.